The molecule has 0 aromatic heterocycles. The molecule has 1 rings (SSSR count). The average molecular weight is 257 g/mol. The van der Waals surface area contributed by atoms with Crippen LogP contribution in [0.4, 0.5) is 0 Å². The molecule has 1 saturated heterocycles. The Morgan fingerprint density at radius 2 is 2.25 bits per heavy atom. The number of carbonyl (C=O) groups is 2. The first-order valence-electron chi connectivity index (χ1n) is 3.81. The van der Waals surface area contributed by atoms with Gasteiger partial charge in [-0.1, -0.05) is 0 Å². The normalized spacial score (nSPS) is 19.1. The van der Waals surface area contributed by atoms with E-state index in [2.05, 4.69) is 5.32 Å². The van der Waals surface area contributed by atoms with Crippen LogP contribution >= 0.6 is 0 Å². The minimum absolute atomic E-state index is 0. The predicted octanol–water partition coefficient (Wildman–Crippen LogP) is -2.62. The molecule has 1 unspecified atom stereocenters. The van der Waals surface area contributed by atoms with Gasteiger partial charge in [0, 0.05) is 0 Å². The van der Waals surface area contributed by atoms with E-state index in [1.807, 2.05) is 0 Å². The van der Waals surface area contributed by atoms with Crippen LogP contribution in [-0.4, -0.2) is 71.2 Å². The first-order valence-corrected chi connectivity index (χ1v) is 5.21. The second kappa shape index (κ2) is 5.60. The van der Waals surface area contributed by atoms with E-state index in [1.165, 1.54) is 0 Å². The van der Waals surface area contributed by atoms with Crippen molar-refractivity contribution < 1.29 is 22.6 Å². The van der Waals surface area contributed by atoms with Gasteiger partial charge in [0.05, 0.1) is 12.6 Å². The zero-order valence-electron chi connectivity index (χ0n) is 7.37. The first kappa shape index (κ1) is 15.3. The van der Waals surface area contributed by atoms with E-state index in [-0.39, 0.29) is 40.4 Å². The monoisotopic (exact) mass is 257 g/mol. The number of carbonyl (C=O) groups excluding carboxylic acids is 2. The Bertz CT molecular complexity index is 442. The molecule has 0 bridgehead atoms. The number of nitrogens with one attached hydrogen (secondary N) is 1. The molecular formula is C6H8N3NaO5S. The third-order valence-electron chi connectivity index (χ3n) is 1.75. The molecule has 0 spiro atoms. The van der Waals surface area contributed by atoms with Gasteiger partial charge in [0.25, 0.3) is 5.91 Å². The van der Waals surface area contributed by atoms with Gasteiger partial charge in [-0.25, -0.2) is 4.31 Å². The number of rotatable bonds is 3. The summed E-state index contributed by atoms with van der Waals surface area (Å²) in [6.07, 6.45) is -0.407. The Morgan fingerprint density at radius 3 is 2.62 bits per heavy atom. The van der Waals surface area contributed by atoms with Crippen LogP contribution in [0.25, 0.3) is 0 Å². The van der Waals surface area contributed by atoms with E-state index in [0.29, 0.717) is 0 Å². The van der Waals surface area contributed by atoms with Crippen molar-refractivity contribution in [2.24, 2.45) is 0 Å². The SMILES string of the molecule is N#CCC(=O)NC1CN(S(=O)(=O)O)C1=O.[NaH]. The maximum absolute atomic E-state index is 11.0. The van der Waals surface area contributed by atoms with Crippen LogP contribution in [0.5, 0.6) is 0 Å². The molecule has 1 atom stereocenters. The zero-order valence-corrected chi connectivity index (χ0v) is 8.19. The molecule has 16 heavy (non-hydrogen) atoms. The van der Waals surface area contributed by atoms with Gasteiger partial charge in [0.15, 0.2) is 0 Å². The van der Waals surface area contributed by atoms with Crippen molar-refractivity contribution in [2.45, 2.75) is 12.5 Å². The summed E-state index contributed by atoms with van der Waals surface area (Å²) in [7, 11) is -4.53. The maximum atomic E-state index is 11.0. The summed E-state index contributed by atoms with van der Waals surface area (Å²) in [4.78, 5) is 21.9. The first-order chi connectivity index (χ1) is 6.86. The van der Waals surface area contributed by atoms with Crippen molar-refractivity contribution in [3.63, 3.8) is 0 Å². The van der Waals surface area contributed by atoms with Crippen LogP contribution in [-0.2, 0) is 19.9 Å². The molecule has 0 aromatic rings. The van der Waals surface area contributed by atoms with Gasteiger partial charge >= 0.3 is 39.9 Å². The number of nitriles is 1. The summed E-state index contributed by atoms with van der Waals surface area (Å²) in [6.45, 7) is -0.311. The molecule has 84 valence electrons. The van der Waals surface area contributed by atoms with Crippen LogP contribution in [0.2, 0.25) is 0 Å². The molecule has 0 saturated carbocycles. The Kier molecular flexibility index (Phi) is 5.37. The minimum atomic E-state index is -4.53. The summed E-state index contributed by atoms with van der Waals surface area (Å²) in [5.41, 5.74) is 0. The van der Waals surface area contributed by atoms with Crippen LogP contribution in [0.15, 0.2) is 0 Å². The van der Waals surface area contributed by atoms with Crippen molar-refractivity contribution in [1.29, 1.82) is 5.26 Å². The molecule has 0 aliphatic carbocycles. The fourth-order valence-electron chi connectivity index (χ4n) is 1.03. The van der Waals surface area contributed by atoms with Crippen LogP contribution in [0.1, 0.15) is 6.42 Å². The molecule has 0 radical (unpaired) electrons. The van der Waals surface area contributed by atoms with Gasteiger partial charge in [0.2, 0.25) is 5.91 Å². The fourth-order valence-corrected chi connectivity index (χ4v) is 1.72. The molecule has 1 fully saturated rings. The molecule has 1 heterocycles. The van der Waals surface area contributed by atoms with Crippen molar-refractivity contribution in [1.82, 2.24) is 9.62 Å². The summed E-state index contributed by atoms with van der Waals surface area (Å²) in [6, 6.07) is 0.594. The van der Waals surface area contributed by atoms with Crippen LogP contribution < -0.4 is 5.32 Å². The van der Waals surface area contributed by atoms with Gasteiger partial charge in [-0.2, -0.15) is 13.7 Å². The summed E-state index contributed by atoms with van der Waals surface area (Å²) in [5, 5.41) is 10.3. The molecule has 1 aliphatic rings. The Labute approximate surface area is 114 Å². The number of hydrogen-bond donors (Lipinski definition) is 2. The van der Waals surface area contributed by atoms with Gasteiger partial charge in [-0.15, -0.1) is 0 Å². The van der Waals surface area contributed by atoms with Crippen LogP contribution in [0, 0.1) is 11.3 Å². The van der Waals surface area contributed by atoms with Gasteiger partial charge in [-0.05, 0) is 0 Å². The van der Waals surface area contributed by atoms with E-state index in [0.717, 1.165) is 0 Å². The molecule has 10 heteroatoms. The van der Waals surface area contributed by atoms with Crippen molar-refractivity contribution in [2.75, 3.05) is 6.54 Å². The van der Waals surface area contributed by atoms with E-state index in [1.54, 1.807) is 6.07 Å². The van der Waals surface area contributed by atoms with E-state index in [4.69, 9.17) is 9.81 Å². The fraction of sp³-hybridized carbons (Fsp3) is 0.500. The topological polar surface area (TPSA) is 128 Å². The zero-order chi connectivity index (χ0) is 11.6. The standard InChI is InChI=1S/C6H7N3O5S.Na.H/c7-2-1-5(10)8-4-3-9(6(4)11)15(12,13)14;;/h4H,1,3H2,(H,8,10)(H,12,13,14);;. The second-order valence-electron chi connectivity index (χ2n) is 2.80. The molecule has 2 N–H and O–H groups in total. The second-order valence-corrected chi connectivity index (χ2v) is 4.14. The van der Waals surface area contributed by atoms with Gasteiger partial charge in [0.1, 0.15) is 12.5 Å². The molecule has 1 aliphatic heterocycles. The molecule has 8 nitrogen and oxygen atoms in total. The number of hydrogen-bond acceptors (Lipinski definition) is 5. The summed E-state index contributed by atoms with van der Waals surface area (Å²) < 4.78 is 29.7. The number of β-lactam (4-membered cyclic amide) rings is 1. The van der Waals surface area contributed by atoms with Gasteiger partial charge in [-0.3, -0.25) is 14.1 Å². The quantitative estimate of drug-likeness (QED) is 0.323. The van der Waals surface area contributed by atoms with Crippen molar-refractivity contribution in [3.8, 4) is 6.07 Å². The van der Waals surface area contributed by atoms with Gasteiger partial charge < -0.3 is 5.32 Å². The Morgan fingerprint density at radius 1 is 1.69 bits per heavy atom. The van der Waals surface area contributed by atoms with Crippen LogP contribution in [0.3, 0.4) is 0 Å². The summed E-state index contributed by atoms with van der Waals surface area (Å²) in [5.74, 6) is -1.57. The Hall–Kier alpha value is -0.660. The van der Waals surface area contributed by atoms with E-state index >= 15 is 0 Å². The van der Waals surface area contributed by atoms with E-state index < -0.39 is 34.6 Å². The third kappa shape index (κ3) is 3.43. The third-order valence-corrected chi connectivity index (χ3v) is 2.63. The summed E-state index contributed by atoms with van der Waals surface area (Å²) >= 11 is 0. The van der Waals surface area contributed by atoms with E-state index in [9.17, 15) is 18.0 Å². The molecule has 0 aromatic carbocycles. The predicted molar refractivity (Wildman–Crippen MR) is 52.6 cm³/mol. The number of nitrogens with zero attached hydrogens (tertiary/aromatic N) is 2. The molecule has 2 amide bonds. The number of amides is 2. The van der Waals surface area contributed by atoms with Crippen molar-refractivity contribution >= 4 is 51.7 Å². The van der Waals surface area contributed by atoms with Crippen molar-refractivity contribution in [3.05, 3.63) is 0 Å². The average Bonchev–Trinajstić information content (AvgIpc) is 2.09. The Balaban J connectivity index is 0.00000225. The molecular weight excluding hydrogens is 249 g/mol.